The monoisotopic (exact) mass is 229 g/mol. The molecule has 3 rings (SSSR count). The van der Waals surface area contributed by atoms with Crippen LogP contribution in [0.3, 0.4) is 0 Å². The normalized spacial score (nSPS) is 11.2. The number of anilines is 1. The van der Waals surface area contributed by atoms with Gasteiger partial charge in [0.15, 0.2) is 11.4 Å². The van der Waals surface area contributed by atoms with E-state index in [2.05, 4.69) is 5.10 Å². The Morgan fingerprint density at radius 2 is 2.18 bits per heavy atom. The minimum atomic E-state index is 0.642. The Morgan fingerprint density at radius 1 is 1.41 bits per heavy atom. The van der Waals surface area contributed by atoms with Crippen molar-refractivity contribution in [1.29, 1.82) is 0 Å². The summed E-state index contributed by atoms with van der Waals surface area (Å²) in [7, 11) is 3.47. The molecule has 0 saturated heterocycles. The van der Waals surface area contributed by atoms with Crippen LogP contribution in [0.1, 0.15) is 0 Å². The van der Waals surface area contributed by atoms with Crippen molar-refractivity contribution in [2.24, 2.45) is 7.05 Å². The lowest BCUT2D eigenvalue weighted by Crippen LogP contribution is -2.17. The molecular weight excluding hydrogens is 218 g/mol. The second kappa shape index (κ2) is 3.35. The maximum Gasteiger partial charge on any atom is 0.215 e. The summed E-state index contributed by atoms with van der Waals surface area (Å²) in [5, 5.41) is 5.35. The number of aromatic nitrogens is 2. The van der Waals surface area contributed by atoms with Gasteiger partial charge in [-0.3, -0.25) is 9.69 Å². The summed E-state index contributed by atoms with van der Waals surface area (Å²) in [5.41, 5.74) is 2.21. The van der Waals surface area contributed by atoms with Crippen molar-refractivity contribution in [3.05, 3.63) is 24.3 Å². The van der Waals surface area contributed by atoms with Crippen LogP contribution in [-0.4, -0.2) is 23.2 Å². The molecule has 0 fully saturated rings. The molecule has 0 radical (unpaired) electrons. The van der Waals surface area contributed by atoms with Crippen LogP contribution in [0.2, 0.25) is 0 Å². The predicted molar refractivity (Wildman–Crippen MR) is 65.0 cm³/mol. The molecule has 0 N–H and O–H groups in total. The van der Waals surface area contributed by atoms with Crippen molar-refractivity contribution >= 4 is 34.3 Å². The second-order valence-corrected chi connectivity index (χ2v) is 3.94. The standard InChI is InChI=1S/C12H11N3O2/c1-14(7-16)12-11-10(13-15(12)2)8-5-3-4-6-9(8)17-11/h3-7H,1-2H3. The number of carbonyl (C=O) groups excluding carboxylic acids is 1. The van der Waals surface area contributed by atoms with Crippen molar-refractivity contribution in [2.75, 3.05) is 11.9 Å². The van der Waals surface area contributed by atoms with Crippen LogP contribution in [0, 0.1) is 0 Å². The van der Waals surface area contributed by atoms with E-state index in [4.69, 9.17) is 4.42 Å². The number of rotatable bonds is 2. The molecule has 1 aromatic carbocycles. The summed E-state index contributed by atoms with van der Waals surface area (Å²) in [6, 6.07) is 7.70. The highest BCUT2D eigenvalue weighted by Crippen LogP contribution is 2.33. The van der Waals surface area contributed by atoms with Gasteiger partial charge in [-0.25, -0.2) is 4.68 Å². The lowest BCUT2D eigenvalue weighted by Gasteiger charge is -2.09. The van der Waals surface area contributed by atoms with E-state index >= 15 is 0 Å². The molecule has 0 aliphatic rings. The van der Waals surface area contributed by atoms with Crippen molar-refractivity contribution in [3.63, 3.8) is 0 Å². The van der Waals surface area contributed by atoms with Crippen molar-refractivity contribution in [2.45, 2.75) is 0 Å². The van der Waals surface area contributed by atoms with Gasteiger partial charge in [-0.1, -0.05) is 12.1 Å². The summed E-state index contributed by atoms with van der Waals surface area (Å²) >= 11 is 0. The summed E-state index contributed by atoms with van der Waals surface area (Å²) in [6.07, 6.45) is 0.740. The van der Waals surface area contributed by atoms with E-state index < -0.39 is 0 Å². The number of hydrogen-bond acceptors (Lipinski definition) is 3. The molecule has 17 heavy (non-hydrogen) atoms. The maximum absolute atomic E-state index is 10.9. The van der Waals surface area contributed by atoms with Crippen LogP contribution >= 0.6 is 0 Å². The average Bonchev–Trinajstić information content (AvgIpc) is 2.83. The highest BCUT2D eigenvalue weighted by atomic mass is 16.3. The summed E-state index contributed by atoms with van der Waals surface area (Å²) in [6.45, 7) is 0. The zero-order valence-electron chi connectivity index (χ0n) is 9.54. The highest BCUT2D eigenvalue weighted by molar-refractivity contribution is 6.07. The van der Waals surface area contributed by atoms with Crippen LogP contribution in [-0.2, 0) is 11.8 Å². The molecule has 0 bridgehead atoms. The minimum Gasteiger partial charge on any atom is -0.450 e. The van der Waals surface area contributed by atoms with E-state index in [0.29, 0.717) is 11.4 Å². The minimum absolute atomic E-state index is 0.642. The molecule has 0 atom stereocenters. The second-order valence-electron chi connectivity index (χ2n) is 3.94. The van der Waals surface area contributed by atoms with Crippen LogP contribution in [0.15, 0.2) is 28.7 Å². The van der Waals surface area contributed by atoms with Gasteiger partial charge in [0.25, 0.3) is 0 Å². The van der Waals surface area contributed by atoms with E-state index in [-0.39, 0.29) is 0 Å². The summed E-state index contributed by atoms with van der Waals surface area (Å²) in [5.74, 6) is 0.659. The van der Waals surface area contributed by atoms with Crippen LogP contribution in [0.5, 0.6) is 0 Å². The number of amides is 1. The maximum atomic E-state index is 10.9. The van der Waals surface area contributed by atoms with Crippen LogP contribution in [0.4, 0.5) is 5.82 Å². The molecule has 5 nitrogen and oxygen atoms in total. The van der Waals surface area contributed by atoms with Gasteiger partial charge in [-0.05, 0) is 12.1 Å². The molecule has 3 aromatic rings. The Kier molecular flexibility index (Phi) is 1.95. The topological polar surface area (TPSA) is 51.3 Å². The van der Waals surface area contributed by atoms with E-state index in [1.54, 1.807) is 18.8 Å². The molecule has 2 aromatic heterocycles. The van der Waals surface area contributed by atoms with Gasteiger partial charge in [0.05, 0.1) is 0 Å². The first-order valence-electron chi connectivity index (χ1n) is 5.24. The molecule has 0 spiro atoms. The first-order valence-corrected chi connectivity index (χ1v) is 5.24. The molecule has 5 heteroatoms. The number of carbonyl (C=O) groups is 1. The number of hydrogen-bond donors (Lipinski definition) is 0. The molecule has 2 heterocycles. The third-order valence-electron chi connectivity index (χ3n) is 2.82. The summed E-state index contributed by atoms with van der Waals surface area (Å²) < 4.78 is 7.39. The zero-order valence-corrected chi connectivity index (χ0v) is 9.54. The van der Waals surface area contributed by atoms with Gasteiger partial charge in [-0.15, -0.1) is 0 Å². The zero-order chi connectivity index (χ0) is 12.0. The average molecular weight is 229 g/mol. The van der Waals surface area contributed by atoms with Crippen molar-refractivity contribution < 1.29 is 9.21 Å². The van der Waals surface area contributed by atoms with Gasteiger partial charge in [0.2, 0.25) is 6.41 Å². The van der Waals surface area contributed by atoms with Gasteiger partial charge in [0.1, 0.15) is 11.1 Å². The van der Waals surface area contributed by atoms with E-state index in [1.165, 1.54) is 4.90 Å². The fraction of sp³-hybridized carbons (Fsp3) is 0.167. The predicted octanol–water partition coefficient (Wildman–Crippen LogP) is 1.91. The smallest absolute Gasteiger partial charge is 0.215 e. The van der Waals surface area contributed by atoms with Gasteiger partial charge < -0.3 is 4.42 Å². The molecule has 0 aliphatic carbocycles. The number of fused-ring (bicyclic) bond motifs is 3. The Morgan fingerprint density at radius 3 is 2.94 bits per heavy atom. The van der Waals surface area contributed by atoms with Crippen molar-refractivity contribution in [3.8, 4) is 0 Å². The molecule has 0 aliphatic heterocycles. The first kappa shape index (κ1) is 9.89. The largest absolute Gasteiger partial charge is 0.450 e. The SMILES string of the molecule is CN(C=O)c1c2oc3ccccc3c2nn1C. The van der Waals surface area contributed by atoms with Crippen LogP contribution < -0.4 is 4.90 Å². The number of furan rings is 1. The third-order valence-corrected chi connectivity index (χ3v) is 2.82. The Balaban J connectivity index is 2.43. The first-order chi connectivity index (χ1) is 8.22. The molecule has 0 unspecified atom stereocenters. The van der Waals surface area contributed by atoms with Crippen LogP contribution in [0.25, 0.3) is 22.1 Å². The Hall–Kier alpha value is -2.30. The van der Waals surface area contributed by atoms with E-state index in [9.17, 15) is 4.79 Å². The fourth-order valence-electron chi connectivity index (χ4n) is 2.07. The Labute approximate surface area is 97.2 Å². The molecule has 1 amide bonds. The highest BCUT2D eigenvalue weighted by Gasteiger charge is 2.19. The third kappa shape index (κ3) is 1.25. The molecular formula is C12H11N3O2. The lowest BCUT2D eigenvalue weighted by atomic mass is 10.2. The number of benzene rings is 1. The van der Waals surface area contributed by atoms with Gasteiger partial charge in [0, 0.05) is 19.5 Å². The van der Waals surface area contributed by atoms with E-state index in [1.807, 2.05) is 24.3 Å². The van der Waals surface area contributed by atoms with Gasteiger partial charge >= 0.3 is 0 Å². The van der Waals surface area contributed by atoms with Gasteiger partial charge in [-0.2, -0.15) is 5.10 Å². The number of para-hydroxylation sites is 1. The van der Waals surface area contributed by atoms with Crippen molar-refractivity contribution in [1.82, 2.24) is 9.78 Å². The number of aryl methyl sites for hydroxylation is 1. The van der Waals surface area contributed by atoms with E-state index in [0.717, 1.165) is 22.9 Å². The summed E-state index contributed by atoms with van der Waals surface area (Å²) in [4.78, 5) is 12.3. The Bertz CT molecular complexity index is 711. The quantitative estimate of drug-likeness (QED) is 0.631. The fourth-order valence-corrected chi connectivity index (χ4v) is 2.07. The molecule has 86 valence electrons. The lowest BCUT2D eigenvalue weighted by molar-refractivity contribution is -0.107. The molecule has 0 saturated carbocycles. The number of nitrogens with zero attached hydrogens (tertiary/aromatic N) is 3.